The fourth-order valence-corrected chi connectivity index (χ4v) is 2.20. The number of fused-ring (bicyclic) bond motifs is 3. The molecule has 0 bridgehead atoms. The molecule has 0 atom stereocenters. The maximum absolute atomic E-state index is 12.2. The van der Waals surface area contributed by atoms with Crippen molar-refractivity contribution in [2.45, 2.75) is 6.36 Å². The van der Waals surface area contributed by atoms with Crippen LogP contribution in [-0.2, 0) is 0 Å². The minimum absolute atomic E-state index is 0.177. The summed E-state index contributed by atoms with van der Waals surface area (Å²) in [6.45, 7) is 0. The monoisotopic (exact) mass is 264 g/mol. The van der Waals surface area contributed by atoms with E-state index in [4.69, 9.17) is 0 Å². The summed E-state index contributed by atoms with van der Waals surface area (Å²) in [4.78, 5) is 12.0. The lowest BCUT2D eigenvalue weighted by Gasteiger charge is -2.09. The van der Waals surface area contributed by atoms with Gasteiger partial charge in [-0.2, -0.15) is 0 Å². The average molecular weight is 264 g/mol. The summed E-state index contributed by atoms with van der Waals surface area (Å²) in [6, 6.07) is 10.6. The van der Waals surface area contributed by atoms with Gasteiger partial charge in [0.2, 0.25) is 0 Å². The summed E-state index contributed by atoms with van der Waals surface area (Å²) in [5.74, 6) is -0.500. The van der Waals surface area contributed by atoms with E-state index in [1.807, 2.05) is 0 Å². The molecular weight excluding hydrogens is 257 g/mol. The molecule has 1 aliphatic rings. The number of ether oxygens (including phenoxy) is 1. The number of carbonyl (C=O) groups excluding carboxylic acids is 1. The van der Waals surface area contributed by atoms with Crippen molar-refractivity contribution in [3.05, 3.63) is 53.6 Å². The highest BCUT2D eigenvalue weighted by Gasteiger charge is 2.32. The quantitative estimate of drug-likeness (QED) is 0.668. The summed E-state index contributed by atoms with van der Waals surface area (Å²) < 4.78 is 40.4. The summed E-state index contributed by atoms with van der Waals surface area (Å²) in [7, 11) is 0. The van der Waals surface area contributed by atoms with Gasteiger partial charge in [0.15, 0.2) is 5.78 Å². The van der Waals surface area contributed by atoms with Gasteiger partial charge in [-0.1, -0.05) is 24.3 Å². The zero-order valence-corrected chi connectivity index (χ0v) is 9.49. The third-order valence-electron chi connectivity index (χ3n) is 2.93. The molecule has 0 fully saturated rings. The Morgan fingerprint density at radius 3 is 2.16 bits per heavy atom. The summed E-state index contributed by atoms with van der Waals surface area (Å²) in [6.07, 6.45) is -4.74. The van der Waals surface area contributed by atoms with Crippen molar-refractivity contribution >= 4 is 5.78 Å². The minimum atomic E-state index is -4.74. The maximum Gasteiger partial charge on any atom is 0.573 e. The van der Waals surface area contributed by atoms with Gasteiger partial charge in [0.05, 0.1) is 0 Å². The summed E-state index contributed by atoms with van der Waals surface area (Å²) in [5, 5.41) is 0. The van der Waals surface area contributed by atoms with Crippen molar-refractivity contribution in [1.82, 2.24) is 0 Å². The Kier molecular flexibility index (Phi) is 2.38. The Labute approximate surface area is 106 Å². The second kappa shape index (κ2) is 3.85. The van der Waals surface area contributed by atoms with Crippen molar-refractivity contribution in [3.63, 3.8) is 0 Å². The van der Waals surface area contributed by atoms with Gasteiger partial charge in [-0.3, -0.25) is 4.79 Å². The highest BCUT2D eigenvalue weighted by Crippen LogP contribution is 2.39. The Morgan fingerprint density at radius 1 is 0.842 bits per heavy atom. The van der Waals surface area contributed by atoms with E-state index < -0.39 is 6.36 Å². The highest BCUT2D eigenvalue weighted by atomic mass is 19.4. The van der Waals surface area contributed by atoms with Crippen LogP contribution in [0.15, 0.2) is 42.5 Å². The van der Waals surface area contributed by atoms with Gasteiger partial charge in [0.25, 0.3) is 0 Å². The van der Waals surface area contributed by atoms with Crippen molar-refractivity contribution in [3.8, 4) is 16.9 Å². The van der Waals surface area contributed by atoms with Gasteiger partial charge in [-0.05, 0) is 29.3 Å². The standard InChI is InChI=1S/C14H7F3O2/c15-14(16,17)19-8-5-6-11-12(7-8)9-3-1-2-4-10(9)13(11)18/h1-7H. The van der Waals surface area contributed by atoms with Gasteiger partial charge in [0.1, 0.15) is 5.75 Å². The molecule has 0 spiro atoms. The molecule has 0 aliphatic heterocycles. The Hall–Kier alpha value is -2.30. The molecule has 0 unspecified atom stereocenters. The van der Waals surface area contributed by atoms with Gasteiger partial charge in [-0.25, -0.2) is 0 Å². The third kappa shape index (κ3) is 1.97. The molecule has 5 heteroatoms. The van der Waals surface area contributed by atoms with Crippen LogP contribution < -0.4 is 4.74 Å². The second-order valence-corrected chi connectivity index (χ2v) is 4.13. The molecule has 2 nitrogen and oxygen atoms in total. The first-order valence-corrected chi connectivity index (χ1v) is 5.49. The van der Waals surface area contributed by atoms with E-state index in [0.29, 0.717) is 22.3 Å². The fourth-order valence-electron chi connectivity index (χ4n) is 2.20. The van der Waals surface area contributed by atoms with Crippen molar-refractivity contribution in [1.29, 1.82) is 0 Å². The van der Waals surface area contributed by atoms with Crippen molar-refractivity contribution in [2.24, 2.45) is 0 Å². The first-order chi connectivity index (χ1) is 8.96. The second-order valence-electron chi connectivity index (χ2n) is 4.13. The predicted octanol–water partition coefficient (Wildman–Crippen LogP) is 3.80. The van der Waals surface area contributed by atoms with Gasteiger partial charge < -0.3 is 4.74 Å². The van der Waals surface area contributed by atoms with E-state index in [2.05, 4.69) is 4.74 Å². The van der Waals surface area contributed by atoms with E-state index in [1.54, 1.807) is 24.3 Å². The largest absolute Gasteiger partial charge is 0.573 e. The molecule has 96 valence electrons. The average Bonchev–Trinajstić information content (AvgIpc) is 2.62. The molecule has 2 aromatic rings. The van der Waals surface area contributed by atoms with Gasteiger partial charge in [-0.15, -0.1) is 13.2 Å². The highest BCUT2D eigenvalue weighted by molar-refractivity contribution is 6.21. The number of hydrogen-bond acceptors (Lipinski definition) is 2. The topological polar surface area (TPSA) is 26.3 Å². The van der Waals surface area contributed by atoms with Crippen molar-refractivity contribution in [2.75, 3.05) is 0 Å². The Morgan fingerprint density at radius 2 is 1.47 bits per heavy atom. The lowest BCUT2D eigenvalue weighted by atomic mass is 10.1. The minimum Gasteiger partial charge on any atom is -0.406 e. The fraction of sp³-hybridized carbons (Fsp3) is 0.0714. The van der Waals surface area contributed by atoms with E-state index in [9.17, 15) is 18.0 Å². The molecule has 0 saturated heterocycles. The number of benzene rings is 2. The van der Waals surface area contributed by atoms with Crippen LogP contribution in [-0.4, -0.2) is 12.1 Å². The van der Waals surface area contributed by atoms with Crippen LogP contribution >= 0.6 is 0 Å². The molecule has 1 aliphatic carbocycles. The van der Waals surface area contributed by atoms with Crippen LogP contribution in [0.4, 0.5) is 13.2 Å². The number of ketones is 1. The molecule has 2 aromatic carbocycles. The number of carbonyl (C=O) groups is 1. The van der Waals surface area contributed by atoms with Crippen LogP contribution in [0.2, 0.25) is 0 Å². The summed E-state index contributed by atoms with van der Waals surface area (Å²) >= 11 is 0. The third-order valence-corrected chi connectivity index (χ3v) is 2.93. The Balaban J connectivity index is 2.11. The molecule has 0 amide bonds. The van der Waals surface area contributed by atoms with Gasteiger partial charge in [0, 0.05) is 11.1 Å². The zero-order valence-electron chi connectivity index (χ0n) is 9.49. The van der Waals surface area contributed by atoms with Gasteiger partial charge >= 0.3 is 6.36 Å². The normalized spacial score (nSPS) is 13.1. The molecule has 0 aromatic heterocycles. The number of alkyl halides is 3. The van der Waals surface area contributed by atoms with Crippen molar-refractivity contribution < 1.29 is 22.7 Å². The molecular formula is C14H7F3O2. The van der Waals surface area contributed by atoms with E-state index in [1.165, 1.54) is 12.1 Å². The predicted molar refractivity (Wildman–Crippen MR) is 62.0 cm³/mol. The lowest BCUT2D eigenvalue weighted by Crippen LogP contribution is -2.17. The molecule has 0 heterocycles. The molecule has 19 heavy (non-hydrogen) atoms. The van der Waals surface area contributed by atoms with Crippen LogP contribution in [0, 0.1) is 0 Å². The van der Waals surface area contributed by atoms with Crippen LogP contribution in [0.5, 0.6) is 5.75 Å². The molecule has 3 rings (SSSR count). The number of rotatable bonds is 1. The van der Waals surface area contributed by atoms with E-state index in [0.717, 1.165) is 6.07 Å². The first kappa shape index (κ1) is 11.8. The van der Waals surface area contributed by atoms with Crippen LogP contribution in [0.25, 0.3) is 11.1 Å². The van der Waals surface area contributed by atoms with E-state index >= 15 is 0 Å². The van der Waals surface area contributed by atoms with E-state index in [-0.39, 0.29) is 11.5 Å². The SMILES string of the molecule is O=C1c2ccccc2-c2cc(OC(F)(F)F)ccc21. The van der Waals surface area contributed by atoms with Crippen LogP contribution in [0.3, 0.4) is 0 Å². The maximum atomic E-state index is 12.2. The van der Waals surface area contributed by atoms with Crippen LogP contribution in [0.1, 0.15) is 15.9 Å². The molecule has 0 N–H and O–H groups in total. The summed E-state index contributed by atoms with van der Waals surface area (Å²) in [5.41, 5.74) is 2.01. The smallest absolute Gasteiger partial charge is 0.406 e. The lowest BCUT2D eigenvalue weighted by molar-refractivity contribution is -0.274. The molecule has 0 saturated carbocycles. The number of halogens is 3. The Bertz CT molecular complexity index is 675. The number of hydrogen-bond donors (Lipinski definition) is 0. The first-order valence-electron chi connectivity index (χ1n) is 5.49. The molecule has 0 radical (unpaired) electrons. The zero-order chi connectivity index (χ0) is 13.6.